The smallest absolute Gasteiger partial charge is 0.147 e. The van der Waals surface area contributed by atoms with Gasteiger partial charge in [0.1, 0.15) is 29.1 Å². The summed E-state index contributed by atoms with van der Waals surface area (Å²) < 4.78 is 13.0. The molecule has 114 valence electrons. The first kappa shape index (κ1) is 15.7. The van der Waals surface area contributed by atoms with E-state index in [1.807, 2.05) is 32.3 Å². The molecule has 0 radical (unpaired) electrons. The zero-order chi connectivity index (χ0) is 15.4. The Labute approximate surface area is 129 Å². The standard InChI is InChI=1S/C15H20ClN3O2/c1-10(17-2)12-6-5-11(20-4)7-13(12)21-9-15-18-8-14(16)19(15)3/h5-8,10,17H,9H2,1-4H3. The molecule has 0 aliphatic heterocycles. The number of hydrogen-bond acceptors (Lipinski definition) is 4. The lowest BCUT2D eigenvalue weighted by Crippen LogP contribution is -2.14. The summed E-state index contributed by atoms with van der Waals surface area (Å²) in [5.74, 6) is 2.30. The summed E-state index contributed by atoms with van der Waals surface area (Å²) in [6.07, 6.45) is 1.61. The SMILES string of the molecule is CNC(C)c1ccc(OC)cc1OCc1ncc(Cl)n1C. The number of hydrogen-bond donors (Lipinski definition) is 1. The fraction of sp³-hybridized carbons (Fsp3) is 0.400. The van der Waals surface area contributed by atoms with Crippen LogP contribution in [0.25, 0.3) is 0 Å². The van der Waals surface area contributed by atoms with Gasteiger partial charge in [0, 0.05) is 24.7 Å². The Balaban J connectivity index is 2.22. The molecular weight excluding hydrogens is 290 g/mol. The number of rotatable bonds is 6. The van der Waals surface area contributed by atoms with Gasteiger partial charge in [-0.25, -0.2) is 4.98 Å². The van der Waals surface area contributed by atoms with E-state index < -0.39 is 0 Å². The maximum Gasteiger partial charge on any atom is 0.147 e. The highest BCUT2D eigenvalue weighted by atomic mass is 35.5. The van der Waals surface area contributed by atoms with Crippen LogP contribution in [0.2, 0.25) is 5.15 Å². The molecule has 0 aliphatic carbocycles. The largest absolute Gasteiger partial charge is 0.497 e. The summed E-state index contributed by atoms with van der Waals surface area (Å²) in [5, 5.41) is 3.80. The number of methoxy groups -OCH3 is 1. The van der Waals surface area contributed by atoms with Crippen molar-refractivity contribution in [1.29, 1.82) is 0 Å². The average molecular weight is 310 g/mol. The van der Waals surface area contributed by atoms with E-state index in [0.717, 1.165) is 22.9 Å². The molecule has 1 aromatic heterocycles. The van der Waals surface area contributed by atoms with Gasteiger partial charge in [0.15, 0.2) is 0 Å². The lowest BCUT2D eigenvalue weighted by molar-refractivity contribution is 0.284. The van der Waals surface area contributed by atoms with Gasteiger partial charge < -0.3 is 19.4 Å². The summed E-state index contributed by atoms with van der Waals surface area (Å²) in [5.41, 5.74) is 1.07. The minimum Gasteiger partial charge on any atom is -0.497 e. The van der Waals surface area contributed by atoms with Crippen LogP contribution in [0.1, 0.15) is 24.4 Å². The van der Waals surface area contributed by atoms with E-state index in [1.54, 1.807) is 17.9 Å². The molecule has 5 nitrogen and oxygen atoms in total. The third kappa shape index (κ3) is 3.49. The zero-order valence-corrected chi connectivity index (χ0v) is 13.4. The molecule has 0 aliphatic rings. The van der Waals surface area contributed by atoms with Gasteiger partial charge in [-0.1, -0.05) is 17.7 Å². The molecular formula is C15H20ClN3O2. The summed E-state index contributed by atoms with van der Waals surface area (Å²) in [4.78, 5) is 4.23. The van der Waals surface area contributed by atoms with Gasteiger partial charge in [-0.2, -0.15) is 0 Å². The van der Waals surface area contributed by atoms with Gasteiger partial charge in [-0.3, -0.25) is 0 Å². The monoisotopic (exact) mass is 309 g/mol. The van der Waals surface area contributed by atoms with Crippen LogP contribution >= 0.6 is 11.6 Å². The molecule has 0 bridgehead atoms. The van der Waals surface area contributed by atoms with Gasteiger partial charge >= 0.3 is 0 Å². The van der Waals surface area contributed by atoms with E-state index in [1.165, 1.54) is 0 Å². The number of halogens is 1. The minimum atomic E-state index is 0.177. The number of benzene rings is 1. The second-order valence-electron chi connectivity index (χ2n) is 4.76. The van der Waals surface area contributed by atoms with Crippen molar-refractivity contribution < 1.29 is 9.47 Å². The molecule has 2 rings (SSSR count). The molecule has 1 unspecified atom stereocenters. The fourth-order valence-corrected chi connectivity index (χ4v) is 2.13. The first-order chi connectivity index (χ1) is 10.1. The molecule has 0 saturated carbocycles. The van der Waals surface area contributed by atoms with Crippen molar-refractivity contribution in [3.8, 4) is 11.5 Å². The van der Waals surface area contributed by atoms with Crippen LogP contribution in [0.5, 0.6) is 11.5 Å². The Morgan fingerprint density at radius 1 is 1.43 bits per heavy atom. The van der Waals surface area contributed by atoms with E-state index in [2.05, 4.69) is 17.2 Å². The van der Waals surface area contributed by atoms with E-state index >= 15 is 0 Å². The molecule has 6 heteroatoms. The lowest BCUT2D eigenvalue weighted by Gasteiger charge is -2.17. The lowest BCUT2D eigenvalue weighted by atomic mass is 10.1. The third-order valence-electron chi connectivity index (χ3n) is 3.50. The Morgan fingerprint density at radius 3 is 2.76 bits per heavy atom. The predicted molar refractivity (Wildman–Crippen MR) is 83.0 cm³/mol. The summed E-state index contributed by atoms with van der Waals surface area (Å²) in [6.45, 7) is 2.42. The third-order valence-corrected chi connectivity index (χ3v) is 3.86. The molecule has 1 atom stereocenters. The molecule has 1 aromatic carbocycles. The average Bonchev–Trinajstić information content (AvgIpc) is 2.83. The molecule has 1 N–H and O–H groups in total. The highest BCUT2D eigenvalue weighted by Crippen LogP contribution is 2.30. The Bertz CT molecular complexity index is 613. The maximum absolute atomic E-state index is 5.98. The van der Waals surface area contributed by atoms with Gasteiger partial charge in [0.05, 0.1) is 13.3 Å². The van der Waals surface area contributed by atoms with Crippen LogP contribution in [0, 0.1) is 0 Å². The van der Waals surface area contributed by atoms with Crippen molar-refractivity contribution in [2.75, 3.05) is 14.2 Å². The van der Waals surface area contributed by atoms with Crippen LogP contribution in [-0.4, -0.2) is 23.7 Å². The minimum absolute atomic E-state index is 0.177. The van der Waals surface area contributed by atoms with Crippen molar-refractivity contribution in [2.45, 2.75) is 19.6 Å². The first-order valence-corrected chi connectivity index (χ1v) is 7.08. The normalized spacial score (nSPS) is 12.2. The maximum atomic E-state index is 5.98. The van der Waals surface area contributed by atoms with E-state index in [9.17, 15) is 0 Å². The zero-order valence-electron chi connectivity index (χ0n) is 12.7. The molecule has 2 aromatic rings. The van der Waals surface area contributed by atoms with Gasteiger partial charge in [0.25, 0.3) is 0 Å². The number of imidazole rings is 1. The second kappa shape index (κ2) is 6.83. The van der Waals surface area contributed by atoms with Crippen LogP contribution in [-0.2, 0) is 13.7 Å². The molecule has 0 saturated heterocycles. The van der Waals surface area contributed by atoms with Crippen molar-refractivity contribution in [2.24, 2.45) is 7.05 Å². The topological polar surface area (TPSA) is 48.3 Å². The van der Waals surface area contributed by atoms with Crippen LogP contribution in [0.15, 0.2) is 24.4 Å². The van der Waals surface area contributed by atoms with Crippen molar-refractivity contribution >= 4 is 11.6 Å². The molecule has 1 heterocycles. The molecule has 0 fully saturated rings. The highest BCUT2D eigenvalue weighted by Gasteiger charge is 2.13. The second-order valence-corrected chi connectivity index (χ2v) is 5.15. The number of aromatic nitrogens is 2. The fourth-order valence-electron chi connectivity index (χ4n) is 1.98. The van der Waals surface area contributed by atoms with Crippen molar-refractivity contribution in [3.05, 3.63) is 40.9 Å². The number of nitrogens with one attached hydrogen (secondary N) is 1. The predicted octanol–water partition coefficient (Wildman–Crippen LogP) is 2.94. The highest BCUT2D eigenvalue weighted by molar-refractivity contribution is 6.29. The van der Waals surface area contributed by atoms with Gasteiger partial charge in [0.2, 0.25) is 0 Å². The first-order valence-electron chi connectivity index (χ1n) is 6.71. The van der Waals surface area contributed by atoms with Crippen LogP contribution in [0.3, 0.4) is 0 Å². The molecule has 0 amide bonds. The van der Waals surface area contributed by atoms with Gasteiger partial charge in [-0.05, 0) is 20.0 Å². The Kier molecular flexibility index (Phi) is 5.09. The van der Waals surface area contributed by atoms with Gasteiger partial charge in [-0.15, -0.1) is 0 Å². The van der Waals surface area contributed by atoms with Crippen molar-refractivity contribution in [1.82, 2.24) is 14.9 Å². The summed E-state index contributed by atoms with van der Waals surface area (Å²) >= 11 is 5.98. The van der Waals surface area contributed by atoms with Crippen LogP contribution < -0.4 is 14.8 Å². The van der Waals surface area contributed by atoms with E-state index in [0.29, 0.717) is 11.8 Å². The number of ether oxygens (including phenoxy) is 2. The Morgan fingerprint density at radius 2 is 2.19 bits per heavy atom. The van der Waals surface area contributed by atoms with E-state index in [-0.39, 0.29) is 6.04 Å². The quantitative estimate of drug-likeness (QED) is 0.891. The van der Waals surface area contributed by atoms with Crippen LogP contribution in [0.4, 0.5) is 0 Å². The molecule has 21 heavy (non-hydrogen) atoms. The number of nitrogens with zero attached hydrogens (tertiary/aromatic N) is 2. The summed E-state index contributed by atoms with van der Waals surface area (Å²) in [6, 6.07) is 5.98. The van der Waals surface area contributed by atoms with E-state index in [4.69, 9.17) is 21.1 Å². The summed E-state index contributed by atoms with van der Waals surface area (Å²) in [7, 11) is 5.41. The Hall–Kier alpha value is -1.72. The molecule has 0 spiro atoms. The van der Waals surface area contributed by atoms with Crippen molar-refractivity contribution in [3.63, 3.8) is 0 Å².